The minimum Gasteiger partial charge on any atom is -0.378 e. The lowest BCUT2D eigenvalue weighted by atomic mass is 9.88. The molecule has 1 N–H and O–H groups in total. The van der Waals surface area contributed by atoms with Crippen molar-refractivity contribution in [3.63, 3.8) is 0 Å². The first kappa shape index (κ1) is 19.1. The summed E-state index contributed by atoms with van der Waals surface area (Å²) < 4.78 is 6.84. The first-order valence-corrected chi connectivity index (χ1v) is 9.87. The molecule has 0 bridgehead atoms. The van der Waals surface area contributed by atoms with Crippen LogP contribution in [0.3, 0.4) is 0 Å². The average molecular weight is 389 g/mol. The van der Waals surface area contributed by atoms with Crippen molar-refractivity contribution < 1.29 is 14.3 Å². The fraction of sp³-hybridized carbons (Fsp3) is 0.684. The number of carbonyl (C=O) groups excluding carboxylic acids is 2. The van der Waals surface area contributed by atoms with E-state index in [4.69, 9.17) is 4.74 Å². The number of aryl methyl sites for hydroxylation is 1. The van der Waals surface area contributed by atoms with Gasteiger partial charge in [-0.2, -0.15) is 0 Å². The minimum absolute atomic E-state index is 0.00955. The number of nitrogens with one attached hydrogen (secondary N) is 1. The number of ether oxygens (including phenoxy) is 1. The number of nitrogens with zero attached hydrogens (tertiary/aromatic N) is 4. The van der Waals surface area contributed by atoms with Crippen LogP contribution in [0.2, 0.25) is 0 Å². The van der Waals surface area contributed by atoms with Crippen LogP contribution in [-0.2, 0) is 34.5 Å². The molecular formula is C19H27N5O4. The molecule has 1 aromatic heterocycles. The second-order valence-corrected chi connectivity index (χ2v) is 7.87. The Labute approximate surface area is 163 Å². The first-order chi connectivity index (χ1) is 13.5. The Bertz CT molecular complexity index is 845. The fourth-order valence-corrected chi connectivity index (χ4v) is 4.30. The summed E-state index contributed by atoms with van der Waals surface area (Å²) in [5.41, 5.74) is 1.21. The van der Waals surface area contributed by atoms with Gasteiger partial charge in [-0.25, -0.2) is 4.98 Å². The Morgan fingerprint density at radius 2 is 1.71 bits per heavy atom. The number of piperidine rings is 1. The summed E-state index contributed by atoms with van der Waals surface area (Å²) in [6, 6.07) is 0. The molecule has 2 atom stereocenters. The Kier molecular flexibility index (Phi) is 5.20. The predicted molar refractivity (Wildman–Crippen MR) is 100 cm³/mol. The predicted octanol–water partition coefficient (Wildman–Crippen LogP) is -0.985. The van der Waals surface area contributed by atoms with E-state index in [9.17, 15) is 14.4 Å². The van der Waals surface area contributed by atoms with Crippen molar-refractivity contribution in [2.75, 3.05) is 39.4 Å². The molecule has 0 unspecified atom stereocenters. The third-order valence-electron chi connectivity index (χ3n) is 6.07. The first-order valence-electron chi connectivity index (χ1n) is 9.87. The van der Waals surface area contributed by atoms with E-state index < -0.39 is 0 Å². The van der Waals surface area contributed by atoms with E-state index in [1.54, 1.807) is 18.9 Å². The lowest BCUT2D eigenvalue weighted by Crippen LogP contribution is -2.51. The average Bonchev–Trinajstić information content (AvgIpc) is 3.15. The quantitative estimate of drug-likeness (QED) is 0.698. The zero-order valence-corrected chi connectivity index (χ0v) is 16.4. The zero-order valence-electron chi connectivity index (χ0n) is 16.4. The van der Waals surface area contributed by atoms with Crippen LogP contribution in [0.15, 0.2) is 4.79 Å². The van der Waals surface area contributed by atoms with E-state index in [0.29, 0.717) is 76.0 Å². The molecule has 2 saturated heterocycles. The number of hydrogen-bond donors (Lipinski definition) is 1. The highest BCUT2D eigenvalue weighted by molar-refractivity contribution is 5.83. The van der Waals surface area contributed by atoms with Gasteiger partial charge in [0, 0.05) is 33.2 Å². The van der Waals surface area contributed by atoms with E-state index in [1.165, 1.54) is 4.57 Å². The van der Waals surface area contributed by atoms with Crippen molar-refractivity contribution in [1.82, 2.24) is 24.7 Å². The summed E-state index contributed by atoms with van der Waals surface area (Å²) >= 11 is 0. The van der Waals surface area contributed by atoms with Gasteiger partial charge in [0.25, 0.3) is 5.56 Å². The maximum Gasteiger partial charge on any atom is 0.258 e. The third-order valence-corrected chi connectivity index (χ3v) is 6.07. The highest BCUT2D eigenvalue weighted by Gasteiger charge is 2.37. The lowest BCUT2D eigenvalue weighted by molar-refractivity contribution is -0.143. The normalized spacial score (nSPS) is 24.9. The van der Waals surface area contributed by atoms with E-state index in [1.807, 2.05) is 4.90 Å². The number of morpholine rings is 1. The summed E-state index contributed by atoms with van der Waals surface area (Å²) in [6.45, 7) is 5.98. The molecule has 2 amide bonds. The molecule has 0 aromatic carbocycles. The van der Waals surface area contributed by atoms with Crippen molar-refractivity contribution in [3.8, 4) is 0 Å². The van der Waals surface area contributed by atoms with Gasteiger partial charge in [0.05, 0.1) is 49.4 Å². The van der Waals surface area contributed by atoms with Gasteiger partial charge in [-0.05, 0) is 13.3 Å². The molecule has 9 heteroatoms. The molecule has 0 radical (unpaired) electrons. The van der Waals surface area contributed by atoms with E-state index >= 15 is 0 Å². The molecule has 4 rings (SSSR count). The highest BCUT2D eigenvalue weighted by atomic mass is 16.5. The van der Waals surface area contributed by atoms with E-state index in [-0.39, 0.29) is 29.2 Å². The Hall–Kier alpha value is -2.26. The van der Waals surface area contributed by atoms with E-state index in [0.717, 1.165) is 0 Å². The monoisotopic (exact) mass is 389 g/mol. The molecule has 28 heavy (non-hydrogen) atoms. The highest BCUT2D eigenvalue weighted by Crippen LogP contribution is 2.25. The minimum atomic E-state index is -0.261. The Balaban J connectivity index is 1.43. The van der Waals surface area contributed by atoms with Crippen molar-refractivity contribution in [2.24, 2.45) is 18.9 Å². The van der Waals surface area contributed by atoms with Crippen LogP contribution in [0, 0.1) is 18.8 Å². The van der Waals surface area contributed by atoms with Gasteiger partial charge in [0.15, 0.2) is 0 Å². The Morgan fingerprint density at radius 1 is 1.07 bits per heavy atom. The number of aromatic nitrogens is 2. The van der Waals surface area contributed by atoms with E-state index in [2.05, 4.69) is 10.3 Å². The molecule has 0 spiro atoms. The van der Waals surface area contributed by atoms with Gasteiger partial charge in [0.2, 0.25) is 11.8 Å². The Morgan fingerprint density at radius 3 is 2.39 bits per heavy atom. The second-order valence-electron chi connectivity index (χ2n) is 7.87. The SMILES string of the molecule is Cc1nc2c(c(=O)n1C)CN(C(=O)[C@H]1CNC[C@H](C(=O)N3CCOCC3)C1)C2. The van der Waals surface area contributed by atoms with Gasteiger partial charge < -0.3 is 19.9 Å². The van der Waals surface area contributed by atoms with Crippen LogP contribution < -0.4 is 10.9 Å². The number of hydrogen-bond acceptors (Lipinski definition) is 6. The summed E-state index contributed by atoms with van der Waals surface area (Å²) in [7, 11) is 1.70. The smallest absolute Gasteiger partial charge is 0.258 e. The van der Waals surface area contributed by atoms with Crippen LogP contribution in [0.5, 0.6) is 0 Å². The molecule has 152 valence electrons. The standard InChI is InChI=1S/C19H27N5O4/c1-12-21-16-11-24(10-15(16)19(27)22(12)2)18(26)14-7-13(8-20-9-14)17(25)23-3-5-28-6-4-23/h13-14,20H,3-11H2,1-2H3/t13-,14-/m1/s1. The second kappa shape index (κ2) is 7.63. The van der Waals surface area contributed by atoms with Crippen LogP contribution >= 0.6 is 0 Å². The lowest BCUT2D eigenvalue weighted by Gasteiger charge is -2.35. The molecule has 2 fully saturated rings. The van der Waals surface area contributed by atoms with Gasteiger partial charge in [-0.3, -0.25) is 19.0 Å². The van der Waals surface area contributed by atoms with Gasteiger partial charge in [0.1, 0.15) is 5.82 Å². The van der Waals surface area contributed by atoms with Crippen LogP contribution in [0.4, 0.5) is 0 Å². The zero-order chi connectivity index (χ0) is 19.8. The summed E-state index contributed by atoms with van der Waals surface area (Å²) in [5.74, 6) is 0.282. The van der Waals surface area contributed by atoms with Gasteiger partial charge in [-0.1, -0.05) is 0 Å². The molecular weight excluding hydrogens is 362 g/mol. The topological polar surface area (TPSA) is 96.8 Å². The summed E-state index contributed by atoms with van der Waals surface area (Å²) in [5, 5.41) is 3.25. The maximum absolute atomic E-state index is 13.1. The van der Waals surface area contributed by atoms with Gasteiger partial charge >= 0.3 is 0 Å². The molecule has 3 aliphatic rings. The molecule has 0 saturated carbocycles. The van der Waals surface area contributed by atoms with Crippen molar-refractivity contribution in [2.45, 2.75) is 26.4 Å². The van der Waals surface area contributed by atoms with Crippen molar-refractivity contribution >= 4 is 11.8 Å². The van der Waals surface area contributed by atoms with Crippen molar-refractivity contribution in [3.05, 3.63) is 27.4 Å². The largest absolute Gasteiger partial charge is 0.378 e. The van der Waals surface area contributed by atoms with Crippen LogP contribution in [0.1, 0.15) is 23.5 Å². The number of carbonyl (C=O) groups is 2. The number of rotatable bonds is 2. The molecule has 3 aliphatic heterocycles. The third kappa shape index (κ3) is 3.44. The molecule has 4 heterocycles. The molecule has 9 nitrogen and oxygen atoms in total. The van der Waals surface area contributed by atoms with Crippen LogP contribution in [0.25, 0.3) is 0 Å². The van der Waals surface area contributed by atoms with Crippen molar-refractivity contribution in [1.29, 1.82) is 0 Å². The molecule has 0 aliphatic carbocycles. The summed E-state index contributed by atoms with van der Waals surface area (Å²) in [4.78, 5) is 46.4. The maximum atomic E-state index is 13.1. The molecule has 1 aromatic rings. The number of amides is 2. The fourth-order valence-electron chi connectivity index (χ4n) is 4.30. The van der Waals surface area contributed by atoms with Gasteiger partial charge in [-0.15, -0.1) is 0 Å². The number of fused-ring (bicyclic) bond motifs is 1. The van der Waals surface area contributed by atoms with Crippen LogP contribution in [-0.4, -0.2) is 70.6 Å². The summed E-state index contributed by atoms with van der Waals surface area (Å²) in [6.07, 6.45) is 0.541.